The van der Waals surface area contributed by atoms with Crippen molar-refractivity contribution in [3.8, 4) is 0 Å². The highest BCUT2D eigenvalue weighted by molar-refractivity contribution is 7.97. The van der Waals surface area contributed by atoms with Gasteiger partial charge in [0.1, 0.15) is 16.7 Å². The molecule has 194 valence electrons. The van der Waals surface area contributed by atoms with Crippen LogP contribution < -0.4 is 5.32 Å². The molecule has 1 aliphatic rings. The molecule has 0 atom stereocenters. The summed E-state index contributed by atoms with van der Waals surface area (Å²) in [5, 5.41) is 3.55. The predicted octanol–water partition coefficient (Wildman–Crippen LogP) is 9.76. The van der Waals surface area contributed by atoms with Gasteiger partial charge in [-0.3, -0.25) is 0 Å². The second-order valence-electron chi connectivity index (χ2n) is 9.12. The van der Waals surface area contributed by atoms with Crippen molar-refractivity contribution in [3.05, 3.63) is 170 Å². The van der Waals surface area contributed by atoms with E-state index in [1.807, 2.05) is 48.5 Å². The maximum atomic E-state index is 13.2. The van der Waals surface area contributed by atoms with Gasteiger partial charge >= 0.3 is 0 Å². The normalized spacial score (nSPS) is 11.9. The molecule has 0 bridgehead atoms. The van der Waals surface area contributed by atoms with Crippen molar-refractivity contribution in [2.24, 2.45) is 0 Å². The smallest absolute Gasteiger partial charge is 0.190 e. The van der Waals surface area contributed by atoms with Crippen molar-refractivity contribution in [2.45, 2.75) is 29.4 Å². The highest BCUT2D eigenvalue weighted by atomic mass is 32.2. The number of rotatable bonds is 4. The topological polar surface area (TPSA) is 12.0 Å². The van der Waals surface area contributed by atoms with E-state index >= 15 is 0 Å². The molecule has 0 amide bonds. The maximum Gasteiger partial charge on any atom is 0.190 e. The van der Waals surface area contributed by atoms with Crippen molar-refractivity contribution in [1.82, 2.24) is 0 Å². The minimum atomic E-state index is -0.196. The van der Waals surface area contributed by atoms with Crippen LogP contribution in [0.3, 0.4) is 0 Å². The van der Waals surface area contributed by atoms with E-state index in [1.54, 1.807) is 0 Å². The van der Waals surface area contributed by atoms with Gasteiger partial charge in [0.2, 0.25) is 0 Å². The molecule has 0 aliphatic carbocycles. The number of hydrogen-bond donors (Lipinski definition) is 1. The molecule has 7 rings (SSSR count). The Hall–Kier alpha value is -4.25. The summed E-state index contributed by atoms with van der Waals surface area (Å²) in [5.74, 6) is -0.196. The van der Waals surface area contributed by atoms with Crippen molar-refractivity contribution >= 4 is 33.2 Å². The standard InChI is InChI=1S/C18H14FS.C18H14NS/c19-15-11-13-18(14-12-15)20(16-7-3-1-4-8-16)17-9-5-2-6-10-17;1-2-8-14(9-3-1)20-17-12-6-4-10-15(17)19-16-11-5-7-13-18(16)20/h1-14H;1-13,19H/q2*+1. The molecule has 0 spiro atoms. The van der Waals surface area contributed by atoms with Gasteiger partial charge in [-0.15, -0.1) is 0 Å². The van der Waals surface area contributed by atoms with Crippen LogP contribution in [0.15, 0.2) is 193 Å². The van der Waals surface area contributed by atoms with E-state index in [9.17, 15) is 4.39 Å². The molecule has 6 aromatic rings. The van der Waals surface area contributed by atoms with Gasteiger partial charge in [0, 0.05) is 0 Å². The van der Waals surface area contributed by atoms with Crippen LogP contribution in [0, 0.1) is 5.82 Å². The average Bonchev–Trinajstić information content (AvgIpc) is 3.03. The summed E-state index contributed by atoms with van der Waals surface area (Å²) in [6, 6.07) is 55.5. The molecule has 0 aromatic heterocycles. The lowest BCUT2D eigenvalue weighted by Gasteiger charge is -2.20. The van der Waals surface area contributed by atoms with E-state index in [0.717, 1.165) is 4.90 Å². The zero-order valence-electron chi connectivity index (χ0n) is 21.8. The Labute approximate surface area is 241 Å². The lowest BCUT2D eigenvalue weighted by atomic mass is 10.2. The number of anilines is 2. The summed E-state index contributed by atoms with van der Waals surface area (Å²) in [7, 11) is -0.210. The molecule has 1 nitrogen and oxygen atoms in total. The quantitative estimate of drug-likeness (QED) is 0.212. The molecular weight excluding hydrogens is 530 g/mol. The lowest BCUT2D eigenvalue weighted by molar-refractivity contribution is 0.626. The third-order valence-corrected chi connectivity index (χ3v) is 11.0. The largest absolute Gasteiger partial charge is 0.347 e. The molecule has 1 aliphatic heterocycles. The van der Waals surface area contributed by atoms with Crippen LogP contribution in [-0.2, 0) is 21.8 Å². The van der Waals surface area contributed by atoms with Crippen LogP contribution in [0.4, 0.5) is 15.8 Å². The molecule has 0 saturated heterocycles. The second-order valence-corrected chi connectivity index (χ2v) is 13.1. The maximum absolute atomic E-state index is 13.2. The summed E-state index contributed by atoms with van der Waals surface area (Å²) in [6.07, 6.45) is 0. The Balaban J connectivity index is 0.000000145. The number of fused-ring (bicyclic) bond motifs is 2. The van der Waals surface area contributed by atoms with Gasteiger partial charge in [-0.2, -0.15) is 0 Å². The van der Waals surface area contributed by atoms with Crippen molar-refractivity contribution in [2.75, 3.05) is 5.32 Å². The summed E-state index contributed by atoms with van der Waals surface area (Å²) in [4.78, 5) is 7.73. The SMILES string of the molecule is Fc1ccc([S+](c2ccccc2)c2ccccc2)cc1.c1ccc([S+]2c3ccccc3Nc3ccccc32)cc1. The first-order valence-corrected chi connectivity index (χ1v) is 15.6. The van der Waals surface area contributed by atoms with Gasteiger partial charge in [-0.25, -0.2) is 4.39 Å². The van der Waals surface area contributed by atoms with E-state index in [1.165, 1.54) is 48.0 Å². The average molecular weight is 558 g/mol. The Morgan fingerprint density at radius 3 is 1.32 bits per heavy atom. The van der Waals surface area contributed by atoms with Crippen LogP contribution in [0.5, 0.6) is 0 Å². The molecule has 0 unspecified atom stereocenters. The molecule has 1 heterocycles. The predicted molar refractivity (Wildman–Crippen MR) is 166 cm³/mol. The first-order chi connectivity index (χ1) is 19.8. The molecule has 0 fully saturated rings. The van der Waals surface area contributed by atoms with Crippen LogP contribution >= 0.6 is 0 Å². The van der Waals surface area contributed by atoms with Crippen LogP contribution in [0.25, 0.3) is 0 Å². The third kappa shape index (κ3) is 5.69. The summed E-state index contributed by atoms with van der Waals surface area (Å²) in [5.41, 5.74) is 2.44. The van der Waals surface area contributed by atoms with Gasteiger partial charge in [0.25, 0.3) is 0 Å². The van der Waals surface area contributed by atoms with Crippen LogP contribution in [0.1, 0.15) is 0 Å². The van der Waals surface area contributed by atoms with Crippen molar-refractivity contribution in [1.29, 1.82) is 0 Å². The minimum Gasteiger partial charge on any atom is -0.347 e. The summed E-state index contributed by atoms with van der Waals surface area (Å²) < 4.78 is 13.2. The first-order valence-electron chi connectivity index (χ1n) is 13.1. The first kappa shape index (κ1) is 26.0. The Morgan fingerprint density at radius 2 is 0.825 bits per heavy atom. The molecule has 1 N–H and O–H groups in total. The molecular formula is C36H28FNS2+2. The van der Waals surface area contributed by atoms with Gasteiger partial charge < -0.3 is 5.32 Å². The molecule has 6 aromatic carbocycles. The van der Waals surface area contributed by atoms with E-state index in [-0.39, 0.29) is 27.6 Å². The van der Waals surface area contributed by atoms with Crippen molar-refractivity contribution < 1.29 is 4.39 Å². The fraction of sp³-hybridized carbons (Fsp3) is 0. The highest BCUT2D eigenvalue weighted by Crippen LogP contribution is 2.44. The molecule has 0 saturated carbocycles. The highest BCUT2D eigenvalue weighted by Gasteiger charge is 2.37. The van der Waals surface area contributed by atoms with E-state index < -0.39 is 0 Å². The van der Waals surface area contributed by atoms with Crippen LogP contribution in [-0.4, -0.2) is 0 Å². The summed E-state index contributed by atoms with van der Waals surface area (Å²) in [6.45, 7) is 0. The zero-order chi connectivity index (χ0) is 27.1. The van der Waals surface area contributed by atoms with Crippen molar-refractivity contribution in [3.63, 3.8) is 0 Å². The molecule has 40 heavy (non-hydrogen) atoms. The van der Waals surface area contributed by atoms with E-state index in [4.69, 9.17) is 0 Å². The Morgan fingerprint density at radius 1 is 0.425 bits per heavy atom. The van der Waals surface area contributed by atoms with Crippen LogP contribution in [0.2, 0.25) is 0 Å². The minimum absolute atomic E-state index is 0.0204. The lowest BCUT2D eigenvalue weighted by Crippen LogP contribution is -2.14. The van der Waals surface area contributed by atoms with E-state index in [0.29, 0.717) is 0 Å². The monoisotopic (exact) mass is 557 g/mol. The Kier molecular flexibility index (Phi) is 7.99. The van der Waals surface area contributed by atoms with Gasteiger partial charge in [-0.05, 0) is 84.9 Å². The fourth-order valence-corrected chi connectivity index (χ4v) is 9.03. The molecule has 0 radical (unpaired) electrons. The second kappa shape index (κ2) is 12.3. The summed E-state index contributed by atoms with van der Waals surface area (Å²) >= 11 is 0. The number of hydrogen-bond acceptors (Lipinski definition) is 1. The number of nitrogens with one attached hydrogen (secondary N) is 1. The molecule has 4 heteroatoms. The number of para-hydroxylation sites is 2. The Bertz CT molecular complexity index is 1590. The number of benzene rings is 6. The van der Waals surface area contributed by atoms with Gasteiger partial charge in [0.05, 0.1) is 22.3 Å². The van der Waals surface area contributed by atoms with Gasteiger partial charge in [0.15, 0.2) is 29.4 Å². The number of halogens is 1. The fourth-order valence-electron chi connectivity index (χ4n) is 4.66. The van der Waals surface area contributed by atoms with E-state index in [2.05, 4.69) is 108 Å². The van der Waals surface area contributed by atoms with Gasteiger partial charge in [-0.1, -0.05) is 78.9 Å². The third-order valence-electron chi connectivity index (χ3n) is 6.47. The zero-order valence-corrected chi connectivity index (χ0v) is 23.4.